The molecule has 202 valence electrons. The topological polar surface area (TPSA) is 105 Å². The van der Waals surface area contributed by atoms with E-state index in [0.717, 1.165) is 16.7 Å². The Bertz CT molecular complexity index is 1130. The molecule has 8 heteroatoms. The number of carbonyl (C=O) groups excluding carboxylic acids is 3. The van der Waals surface area contributed by atoms with Gasteiger partial charge in [0.1, 0.15) is 6.10 Å². The van der Waals surface area contributed by atoms with Crippen LogP contribution in [0.2, 0.25) is 0 Å². The lowest BCUT2D eigenvalue weighted by molar-refractivity contribution is -0.153. The summed E-state index contributed by atoms with van der Waals surface area (Å²) < 4.78 is 11.2. The first-order chi connectivity index (χ1) is 18.5. The van der Waals surface area contributed by atoms with E-state index in [-0.39, 0.29) is 49.9 Å². The van der Waals surface area contributed by atoms with E-state index < -0.39 is 18.1 Å². The Morgan fingerprint density at radius 3 is 2.55 bits per heavy atom. The van der Waals surface area contributed by atoms with Crippen LogP contribution in [-0.4, -0.2) is 60.2 Å². The van der Waals surface area contributed by atoms with Crippen molar-refractivity contribution >= 4 is 17.8 Å². The van der Waals surface area contributed by atoms with Crippen LogP contribution in [0.3, 0.4) is 0 Å². The molecule has 0 aromatic heterocycles. The van der Waals surface area contributed by atoms with E-state index >= 15 is 0 Å². The molecule has 2 aromatic rings. The van der Waals surface area contributed by atoms with Crippen LogP contribution in [-0.2, 0) is 36.8 Å². The van der Waals surface area contributed by atoms with E-state index in [9.17, 15) is 19.5 Å². The smallest absolute Gasteiger partial charge is 0.306 e. The number of nitrogens with zero attached hydrogens (tertiary/aromatic N) is 1. The van der Waals surface area contributed by atoms with E-state index in [1.165, 1.54) is 7.11 Å². The van der Waals surface area contributed by atoms with E-state index in [1.54, 1.807) is 4.90 Å². The first-order valence-electron chi connectivity index (χ1n) is 13.2. The molecule has 2 amide bonds. The fourth-order valence-electron chi connectivity index (χ4n) is 5.14. The van der Waals surface area contributed by atoms with Gasteiger partial charge in [0.05, 0.1) is 31.2 Å². The van der Waals surface area contributed by atoms with Crippen LogP contribution in [0.5, 0.6) is 0 Å². The monoisotopic (exact) mass is 520 g/mol. The fraction of sp³-hybridized carbons (Fsp3) is 0.433. The molecule has 2 heterocycles. The molecule has 4 rings (SSSR count). The molecule has 2 aromatic carbocycles. The van der Waals surface area contributed by atoms with Crippen molar-refractivity contribution in [3.8, 4) is 0 Å². The van der Waals surface area contributed by atoms with Gasteiger partial charge in [0.25, 0.3) is 0 Å². The number of hydrogen-bond donors (Lipinski definition) is 2. The highest BCUT2D eigenvalue weighted by Crippen LogP contribution is 2.27. The highest BCUT2D eigenvalue weighted by Gasteiger charge is 2.34. The van der Waals surface area contributed by atoms with E-state index in [2.05, 4.69) is 5.32 Å². The van der Waals surface area contributed by atoms with Crippen LogP contribution in [0.4, 0.5) is 0 Å². The number of benzene rings is 2. The molecule has 0 unspecified atom stereocenters. The highest BCUT2D eigenvalue weighted by atomic mass is 16.5. The van der Waals surface area contributed by atoms with Gasteiger partial charge >= 0.3 is 5.97 Å². The summed E-state index contributed by atoms with van der Waals surface area (Å²) in [5, 5.41) is 13.0. The summed E-state index contributed by atoms with van der Waals surface area (Å²) in [4.78, 5) is 41.4. The number of aliphatic hydroxyl groups is 1. The van der Waals surface area contributed by atoms with Gasteiger partial charge in [-0.3, -0.25) is 14.4 Å². The number of rotatable bonds is 6. The zero-order chi connectivity index (χ0) is 26.9. The van der Waals surface area contributed by atoms with Gasteiger partial charge in [-0.15, -0.1) is 0 Å². The largest absolute Gasteiger partial charge is 0.455 e. The van der Waals surface area contributed by atoms with Crippen molar-refractivity contribution in [3.63, 3.8) is 0 Å². The van der Waals surface area contributed by atoms with Crippen molar-refractivity contribution in [1.82, 2.24) is 10.2 Å². The number of nitrogens with one attached hydrogen (secondary N) is 1. The molecular formula is C30H36N2O6. The Morgan fingerprint density at radius 1 is 1.08 bits per heavy atom. The second-order valence-corrected chi connectivity index (χ2v) is 9.87. The maximum atomic E-state index is 13.6. The standard InChI is InChI=1S/C30H36N2O6/c1-37-20-26-29(21-10-4-2-5-11-21)38-28(35)15-7-3-6-13-23(30(36)31-26)17-27(34)32-18-24-14-9-8-12-22(24)16-25(32)19-33/h2-6,8-12,14,23,25-26,29,33H,7,13,15-20H2,1H3,(H,31,36)/t23-,25+,26+,29+/m1/s1. The summed E-state index contributed by atoms with van der Waals surface area (Å²) in [6.07, 6.45) is 4.60. The van der Waals surface area contributed by atoms with Crippen LogP contribution < -0.4 is 5.32 Å². The van der Waals surface area contributed by atoms with Crippen LogP contribution in [0, 0.1) is 5.92 Å². The number of carbonyl (C=O) groups is 3. The zero-order valence-corrected chi connectivity index (χ0v) is 21.8. The number of allylic oxidation sites excluding steroid dienone is 2. The molecule has 8 nitrogen and oxygen atoms in total. The van der Waals surface area contributed by atoms with Crippen molar-refractivity contribution in [1.29, 1.82) is 0 Å². The number of hydrogen-bond acceptors (Lipinski definition) is 6. The maximum Gasteiger partial charge on any atom is 0.306 e. The van der Waals surface area contributed by atoms with E-state index in [0.29, 0.717) is 25.8 Å². The first-order valence-corrected chi connectivity index (χ1v) is 13.2. The molecule has 0 spiro atoms. The molecule has 2 aliphatic rings. The summed E-state index contributed by atoms with van der Waals surface area (Å²) in [5.41, 5.74) is 2.94. The SMILES string of the molecule is COC[C@@H]1NC(=O)[C@@H](CC(=O)N2Cc3ccccc3C[C@H]2CO)CC=CCCC(=O)O[C@H]1c1ccccc1. The number of fused-ring (bicyclic) bond motifs is 1. The normalized spacial score (nSPS) is 24.4. The van der Waals surface area contributed by atoms with E-state index in [1.807, 2.05) is 66.7 Å². The zero-order valence-electron chi connectivity index (χ0n) is 21.8. The molecule has 2 aliphatic heterocycles. The number of methoxy groups -OCH3 is 1. The Balaban J connectivity index is 1.56. The van der Waals surface area contributed by atoms with Gasteiger partial charge in [-0.25, -0.2) is 0 Å². The van der Waals surface area contributed by atoms with Crippen molar-refractivity contribution in [2.75, 3.05) is 20.3 Å². The summed E-state index contributed by atoms with van der Waals surface area (Å²) in [6.45, 7) is 0.393. The number of esters is 1. The lowest BCUT2D eigenvalue weighted by atomic mass is 9.92. The predicted molar refractivity (Wildman–Crippen MR) is 142 cm³/mol. The number of amides is 2. The lowest BCUT2D eigenvalue weighted by Gasteiger charge is -2.37. The van der Waals surface area contributed by atoms with Crippen LogP contribution in [0.15, 0.2) is 66.7 Å². The Morgan fingerprint density at radius 2 is 1.82 bits per heavy atom. The first kappa shape index (κ1) is 27.5. The molecule has 0 bridgehead atoms. The maximum absolute atomic E-state index is 13.6. The quantitative estimate of drug-likeness (QED) is 0.448. The second kappa shape index (κ2) is 13.3. The average molecular weight is 521 g/mol. The van der Waals surface area contributed by atoms with Crippen molar-refractivity contribution in [2.24, 2.45) is 5.92 Å². The van der Waals surface area contributed by atoms with Gasteiger partial charge in [-0.05, 0) is 36.0 Å². The van der Waals surface area contributed by atoms with Gasteiger partial charge in [-0.1, -0.05) is 66.7 Å². The minimum absolute atomic E-state index is 0.00430. The molecule has 0 radical (unpaired) electrons. The third-order valence-corrected chi connectivity index (χ3v) is 7.21. The summed E-state index contributed by atoms with van der Waals surface area (Å²) in [6, 6.07) is 16.2. The van der Waals surface area contributed by atoms with Crippen molar-refractivity contribution in [2.45, 2.75) is 56.8 Å². The molecular weight excluding hydrogens is 484 g/mol. The molecule has 0 saturated carbocycles. The van der Waals surface area contributed by atoms with Crippen LogP contribution in [0.25, 0.3) is 0 Å². The molecule has 0 fully saturated rings. The summed E-state index contributed by atoms with van der Waals surface area (Å²) in [5.74, 6) is -1.46. The van der Waals surface area contributed by atoms with Gasteiger partial charge in [0.15, 0.2) is 0 Å². The van der Waals surface area contributed by atoms with Gasteiger partial charge in [-0.2, -0.15) is 0 Å². The Hall–Kier alpha value is -3.49. The minimum atomic E-state index is -0.732. The second-order valence-electron chi connectivity index (χ2n) is 9.87. The van der Waals surface area contributed by atoms with Gasteiger partial charge < -0.3 is 24.8 Å². The van der Waals surface area contributed by atoms with E-state index in [4.69, 9.17) is 9.47 Å². The molecule has 4 atom stereocenters. The molecule has 0 saturated heterocycles. The minimum Gasteiger partial charge on any atom is -0.455 e. The summed E-state index contributed by atoms with van der Waals surface area (Å²) >= 11 is 0. The number of aliphatic hydroxyl groups excluding tert-OH is 1. The Kier molecular flexibility index (Phi) is 9.67. The van der Waals surface area contributed by atoms with Crippen LogP contribution in [0.1, 0.15) is 48.5 Å². The molecule has 0 aliphatic carbocycles. The van der Waals surface area contributed by atoms with Crippen LogP contribution >= 0.6 is 0 Å². The van der Waals surface area contributed by atoms with Crippen molar-refractivity contribution < 1.29 is 29.0 Å². The summed E-state index contributed by atoms with van der Waals surface area (Å²) in [7, 11) is 1.53. The highest BCUT2D eigenvalue weighted by molar-refractivity contribution is 5.86. The third-order valence-electron chi connectivity index (χ3n) is 7.21. The average Bonchev–Trinajstić information content (AvgIpc) is 2.93. The van der Waals surface area contributed by atoms with Gasteiger partial charge in [0.2, 0.25) is 11.8 Å². The fourth-order valence-corrected chi connectivity index (χ4v) is 5.14. The number of ether oxygens (including phenoxy) is 2. The third kappa shape index (κ3) is 6.88. The van der Waals surface area contributed by atoms with Crippen molar-refractivity contribution in [3.05, 3.63) is 83.4 Å². The number of cyclic esters (lactones) is 1. The Labute approximate surface area is 223 Å². The molecule has 38 heavy (non-hydrogen) atoms. The van der Waals surface area contributed by atoms with Gasteiger partial charge in [0, 0.05) is 26.5 Å². The predicted octanol–water partition coefficient (Wildman–Crippen LogP) is 3.09. The molecule has 2 N–H and O–H groups in total. The lowest BCUT2D eigenvalue weighted by Crippen LogP contribution is -2.49.